The standard InChI is InChI=1S/C29H36N2O6/c1-7-29(28(33)30-8-2)15-13-21(14-16-29)27(32)31(19-20-9-11-23(34-3)12-10-20)22-17-24(35-4)26(37-6)25(18-22)36-5/h9-15,17-18H,7-8,16,19H2,1-6H3,(H,30,33). The quantitative estimate of drug-likeness (QED) is 0.475. The zero-order valence-corrected chi connectivity index (χ0v) is 22.4. The van der Waals surface area contributed by atoms with Gasteiger partial charge < -0.3 is 29.2 Å². The highest BCUT2D eigenvalue weighted by atomic mass is 16.5. The molecule has 0 bridgehead atoms. The number of nitrogens with zero attached hydrogens (tertiary/aromatic N) is 1. The molecular formula is C29H36N2O6. The molecule has 0 saturated heterocycles. The topological polar surface area (TPSA) is 86.3 Å². The van der Waals surface area contributed by atoms with E-state index in [1.54, 1.807) is 30.2 Å². The molecular weight excluding hydrogens is 472 g/mol. The highest BCUT2D eigenvalue weighted by Crippen LogP contribution is 2.42. The minimum absolute atomic E-state index is 0.0313. The predicted molar refractivity (Wildman–Crippen MR) is 144 cm³/mol. The molecule has 1 aliphatic carbocycles. The Morgan fingerprint density at radius 1 is 0.946 bits per heavy atom. The number of hydrogen-bond donors (Lipinski definition) is 1. The summed E-state index contributed by atoms with van der Waals surface area (Å²) >= 11 is 0. The zero-order valence-electron chi connectivity index (χ0n) is 22.4. The molecule has 0 radical (unpaired) electrons. The van der Waals surface area contributed by atoms with Gasteiger partial charge in [-0.25, -0.2) is 0 Å². The first-order valence-corrected chi connectivity index (χ1v) is 12.3. The molecule has 1 N–H and O–H groups in total. The summed E-state index contributed by atoms with van der Waals surface area (Å²) in [6.45, 7) is 4.72. The Hall–Kier alpha value is -3.94. The second-order valence-electron chi connectivity index (χ2n) is 8.69. The molecule has 0 heterocycles. The molecule has 0 fully saturated rings. The van der Waals surface area contributed by atoms with Gasteiger partial charge in [-0.2, -0.15) is 0 Å². The smallest absolute Gasteiger partial charge is 0.258 e. The average Bonchev–Trinajstić information content (AvgIpc) is 2.95. The van der Waals surface area contributed by atoms with E-state index in [9.17, 15) is 9.59 Å². The Kier molecular flexibility index (Phi) is 9.22. The number of rotatable bonds is 11. The van der Waals surface area contributed by atoms with Crippen molar-refractivity contribution >= 4 is 17.5 Å². The van der Waals surface area contributed by atoms with Gasteiger partial charge in [0.1, 0.15) is 5.75 Å². The van der Waals surface area contributed by atoms with Crippen molar-refractivity contribution in [1.29, 1.82) is 0 Å². The van der Waals surface area contributed by atoms with Crippen LogP contribution in [0.4, 0.5) is 5.69 Å². The van der Waals surface area contributed by atoms with Gasteiger partial charge in [-0.05, 0) is 37.5 Å². The van der Waals surface area contributed by atoms with Crippen LogP contribution in [0.2, 0.25) is 0 Å². The van der Waals surface area contributed by atoms with Crippen LogP contribution < -0.4 is 29.2 Å². The van der Waals surface area contributed by atoms with Crippen LogP contribution in [0.25, 0.3) is 0 Å². The van der Waals surface area contributed by atoms with Crippen LogP contribution in [-0.2, 0) is 16.1 Å². The number of hydrogen-bond acceptors (Lipinski definition) is 6. The fraction of sp³-hybridized carbons (Fsp3) is 0.379. The number of methoxy groups -OCH3 is 4. The zero-order chi connectivity index (χ0) is 27.0. The lowest BCUT2D eigenvalue weighted by atomic mass is 9.76. The van der Waals surface area contributed by atoms with Gasteiger partial charge in [-0.1, -0.05) is 37.3 Å². The van der Waals surface area contributed by atoms with Crippen LogP contribution in [0, 0.1) is 5.41 Å². The van der Waals surface area contributed by atoms with Crippen LogP contribution in [0.5, 0.6) is 23.0 Å². The van der Waals surface area contributed by atoms with Gasteiger partial charge in [0.25, 0.3) is 5.91 Å². The largest absolute Gasteiger partial charge is 0.497 e. The monoisotopic (exact) mass is 508 g/mol. The minimum Gasteiger partial charge on any atom is -0.497 e. The van der Waals surface area contributed by atoms with Crippen LogP contribution in [0.15, 0.2) is 60.2 Å². The van der Waals surface area contributed by atoms with Gasteiger partial charge in [0, 0.05) is 24.3 Å². The summed E-state index contributed by atoms with van der Waals surface area (Å²) in [5, 5.41) is 2.91. The van der Waals surface area contributed by atoms with E-state index in [2.05, 4.69) is 5.32 Å². The summed E-state index contributed by atoms with van der Waals surface area (Å²) < 4.78 is 21.8. The lowest BCUT2D eigenvalue weighted by Gasteiger charge is -2.31. The van der Waals surface area contributed by atoms with Crippen molar-refractivity contribution in [3.63, 3.8) is 0 Å². The Labute approximate surface area is 218 Å². The van der Waals surface area contributed by atoms with E-state index in [0.29, 0.717) is 54.4 Å². The fourth-order valence-electron chi connectivity index (χ4n) is 4.34. The van der Waals surface area contributed by atoms with Gasteiger partial charge in [-0.15, -0.1) is 0 Å². The van der Waals surface area contributed by atoms with Crippen LogP contribution >= 0.6 is 0 Å². The molecule has 37 heavy (non-hydrogen) atoms. The van der Waals surface area contributed by atoms with Crippen molar-refractivity contribution < 1.29 is 28.5 Å². The Bertz CT molecular complexity index is 1150. The summed E-state index contributed by atoms with van der Waals surface area (Å²) in [5.41, 5.74) is 1.34. The maximum absolute atomic E-state index is 13.9. The number of benzene rings is 2. The van der Waals surface area contributed by atoms with Gasteiger partial charge in [0.05, 0.1) is 46.1 Å². The third-order valence-electron chi connectivity index (χ3n) is 6.64. The van der Waals surface area contributed by atoms with Crippen molar-refractivity contribution in [2.45, 2.75) is 33.2 Å². The Balaban J connectivity index is 2.02. The van der Waals surface area contributed by atoms with Crippen molar-refractivity contribution in [1.82, 2.24) is 5.32 Å². The molecule has 3 rings (SSSR count). The number of carbonyl (C=O) groups is 2. The molecule has 2 amide bonds. The SMILES string of the molecule is CCNC(=O)C1(CC)C=CC(C(=O)N(Cc2ccc(OC)cc2)c2cc(OC)c(OC)c(OC)c2)=CC1. The summed E-state index contributed by atoms with van der Waals surface area (Å²) in [4.78, 5) is 28.3. The van der Waals surface area contributed by atoms with E-state index in [0.717, 1.165) is 11.3 Å². The summed E-state index contributed by atoms with van der Waals surface area (Å²) in [6, 6.07) is 11.0. The van der Waals surface area contributed by atoms with Gasteiger partial charge in [-0.3, -0.25) is 9.59 Å². The lowest BCUT2D eigenvalue weighted by Crippen LogP contribution is -2.40. The normalized spacial score (nSPS) is 16.4. The molecule has 0 spiro atoms. The van der Waals surface area contributed by atoms with Crippen molar-refractivity contribution in [3.8, 4) is 23.0 Å². The second kappa shape index (κ2) is 12.3. The molecule has 198 valence electrons. The van der Waals surface area contributed by atoms with E-state index in [-0.39, 0.29) is 11.8 Å². The summed E-state index contributed by atoms with van der Waals surface area (Å²) in [7, 11) is 6.22. The number of amides is 2. The van der Waals surface area contributed by atoms with E-state index >= 15 is 0 Å². The fourth-order valence-corrected chi connectivity index (χ4v) is 4.34. The van der Waals surface area contributed by atoms with E-state index < -0.39 is 5.41 Å². The van der Waals surface area contributed by atoms with Crippen molar-refractivity contribution in [2.75, 3.05) is 39.9 Å². The lowest BCUT2D eigenvalue weighted by molar-refractivity contribution is -0.128. The third kappa shape index (κ3) is 5.90. The van der Waals surface area contributed by atoms with Gasteiger partial charge >= 0.3 is 0 Å². The molecule has 8 nitrogen and oxygen atoms in total. The van der Waals surface area contributed by atoms with Crippen LogP contribution in [0.3, 0.4) is 0 Å². The van der Waals surface area contributed by atoms with Crippen molar-refractivity contribution in [2.24, 2.45) is 5.41 Å². The predicted octanol–water partition coefficient (Wildman–Crippen LogP) is 4.67. The number of allylic oxidation sites excluding steroid dienone is 1. The highest BCUT2D eigenvalue weighted by molar-refractivity contribution is 6.08. The summed E-state index contributed by atoms with van der Waals surface area (Å²) in [5.74, 6) is 1.82. The second-order valence-corrected chi connectivity index (χ2v) is 8.69. The number of anilines is 1. The van der Waals surface area contributed by atoms with Gasteiger partial charge in [0.15, 0.2) is 11.5 Å². The first-order chi connectivity index (χ1) is 17.9. The molecule has 8 heteroatoms. The average molecular weight is 509 g/mol. The van der Waals surface area contributed by atoms with Crippen LogP contribution in [0.1, 0.15) is 32.3 Å². The van der Waals surface area contributed by atoms with E-state index in [1.807, 2.05) is 50.3 Å². The molecule has 0 aromatic heterocycles. The van der Waals surface area contributed by atoms with E-state index in [4.69, 9.17) is 18.9 Å². The highest BCUT2D eigenvalue weighted by Gasteiger charge is 2.35. The van der Waals surface area contributed by atoms with Crippen molar-refractivity contribution in [3.05, 3.63) is 65.8 Å². The number of ether oxygens (including phenoxy) is 4. The number of carbonyl (C=O) groups excluding carboxylic acids is 2. The third-order valence-corrected chi connectivity index (χ3v) is 6.64. The molecule has 2 aromatic rings. The first-order valence-electron chi connectivity index (χ1n) is 12.3. The maximum Gasteiger partial charge on any atom is 0.258 e. The van der Waals surface area contributed by atoms with Crippen LogP contribution in [-0.4, -0.2) is 46.8 Å². The molecule has 0 aliphatic heterocycles. The van der Waals surface area contributed by atoms with Gasteiger partial charge in [0.2, 0.25) is 11.7 Å². The minimum atomic E-state index is -0.660. The molecule has 1 atom stereocenters. The Morgan fingerprint density at radius 2 is 1.59 bits per heavy atom. The number of nitrogens with one attached hydrogen (secondary N) is 1. The first kappa shape index (κ1) is 27.6. The Morgan fingerprint density at radius 3 is 2.05 bits per heavy atom. The summed E-state index contributed by atoms with van der Waals surface area (Å²) in [6.07, 6.45) is 6.53. The molecule has 2 aromatic carbocycles. The maximum atomic E-state index is 13.9. The molecule has 1 unspecified atom stereocenters. The van der Waals surface area contributed by atoms with E-state index in [1.165, 1.54) is 21.3 Å². The molecule has 1 aliphatic rings. The molecule has 0 saturated carbocycles.